The van der Waals surface area contributed by atoms with Gasteiger partial charge in [0.1, 0.15) is 6.10 Å². The molecule has 0 saturated carbocycles. The van der Waals surface area contributed by atoms with E-state index in [9.17, 15) is 25.2 Å². The average Bonchev–Trinajstić information content (AvgIpc) is 3.62. The molecule has 2 aliphatic rings. The summed E-state index contributed by atoms with van der Waals surface area (Å²) in [6.07, 6.45) is 26.2. The van der Waals surface area contributed by atoms with E-state index in [1.165, 1.54) is 51.4 Å². The molecule has 7 nitrogen and oxygen atoms in total. The van der Waals surface area contributed by atoms with Crippen molar-refractivity contribution in [1.82, 2.24) is 0 Å². The summed E-state index contributed by atoms with van der Waals surface area (Å²) < 4.78 is 11.1. The molecule has 0 aromatic rings. The molecule has 0 unspecified atom stereocenters. The smallest absolute Gasteiger partial charge is 0.334 e. The summed E-state index contributed by atoms with van der Waals surface area (Å²) in [6, 6.07) is 0. The molecule has 0 radical (unpaired) electrons. The summed E-state index contributed by atoms with van der Waals surface area (Å²) >= 11 is 0. The Balaban J connectivity index is 1.42. The molecule has 7 heteroatoms. The van der Waals surface area contributed by atoms with Crippen LogP contribution in [0.2, 0.25) is 0 Å². The Bertz CT molecular complexity index is 797. The first-order valence-corrected chi connectivity index (χ1v) is 18.2. The molecule has 4 N–H and O–H groups in total. The maximum atomic E-state index is 11.7. The van der Waals surface area contributed by atoms with Crippen LogP contribution in [0.15, 0.2) is 23.8 Å². The van der Waals surface area contributed by atoms with Crippen molar-refractivity contribution in [2.75, 3.05) is 0 Å². The van der Waals surface area contributed by atoms with Crippen molar-refractivity contribution in [2.24, 2.45) is 0 Å². The zero-order valence-corrected chi connectivity index (χ0v) is 28.1. The normalized spacial score (nSPS) is 23.2. The van der Waals surface area contributed by atoms with Crippen molar-refractivity contribution in [3.8, 4) is 0 Å². The van der Waals surface area contributed by atoms with E-state index in [0.717, 1.165) is 64.2 Å². The molecule has 2 aliphatic heterocycles. The number of esters is 1. The number of carbonyl (C=O) groups is 1. The number of ether oxygens (including phenoxy) is 2. The molecule has 0 aromatic carbocycles. The molecule has 7 atom stereocenters. The number of allylic oxidation sites excluding steroid dienone is 2. The molecule has 0 aliphatic carbocycles. The number of hydrogen-bond acceptors (Lipinski definition) is 7. The van der Waals surface area contributed by atoms with E-state index >= 15 is 0 Å². The number of cyclic esters (lactones) is 1. The van der Waals surface area contributed by atoms with Crippen molar-refractivity contribution in [3.05, 3.63) is 23.8 Å². The number of aliphatic hydroxyl groups is 4. The van der Waals surface area contributed by atoms with Crippen molar-refractivity contribution >= 4 is 5.97 Å². The molecule has 1 saturated heterocycles. The van der Waals surface area contributed by atoms with Gasteiger partial charge in [-0.3, -0.25) is 0 Å². The monoisotopic (exact) mass is 622 g/mol. The largest absolute Gasteiger partial charge is 0.455 e. The lowest BCUT2D eigenvalue weighted by molar-refractivity contribution is -0.139. The molecule has 0 bridgehead atoms. The van der Waals surface area contributed by atoms with E-state index in [1.807, 2.05) is 6.92 Å². The highest BCUT2D eigenvalue weighted by Crippen LogP contribution is 2.28. The second-order valence-corrected chi connectivity index (χ2v) is 13.5. The maximum absolute atomic E-state index is 11.7. The van der Waals surface area contributed by atoms with Crippen molar-refractivity contribution < 1.29 is 34.7 Å². The standard InChI is InChI=1S/C37H66O7/c1-3-4-5-6-7-8-9-10-11-12-16-19-22-33(40)35-25-26-36(44-35)34(41)24-23-31(38)20-17-14-13-15-18-21-32(39)28-30-27-29(2)43-37(30)42/h12,16,27,29,31-36,38-41H,3-11,13-15,17-26,28H2,1-2H3/b16-12-/t29-,31+,32+,33-,34+,35+,36-/m0/s1. The third-order valence-corrected chi connectivity index (χ3v) is 9.28. The zero-order valence-electron chi connectivity index (χ0n) is 28.1. The molecular weight excluding hydrogens is 556 g/mol. The summed E-state index contributed by atoms with van der Waals surface area (Å²) in [5.74, 6) is -0.306. The number of rotatable bonds is 27. The first-order valence-electron chi connectivity index (χ1n) is 18.2. The second-order valence-electron chi connectivity index (χ2n) is 13.5. The van der Waals surface area contributed by atoms with Crippen LogP contribution < -0.4 is 0 Å². The predicted molar refractivity (Wildman–Crippen MR) is 177 cm³/mol. The fourth-order valence-electron chi connectivity index (χ4n) is 6.46. The van der Waals surface area contributed by atoms with Crippen LogP contribution in [-0.2, 0) is 14.3 Å². The van der Waals surface area contributed by atoms with Gasteiger partial charge in [0, 0.05) is 12.0 Å². The Morgan fingerprint density at radius 3 is 1.86 bits per heavy atom. The zero-order chi connectivity index (χ0) is 32.0. The van der Waals surface area contributed by atoms with Gasteiger partial charge in [0.2, 0.25) is 0 Å². The van der Waals surface area contributed by atoms with Gasteiger partial charge < -0.3 is 29.9 Å². The van der Waals surface area contributed by atoms with E-state index < -0.39 is 24.4 Å². The summed E-state index contributed by atoms with van der Waals surface area (Å²) in [6.45, 7) is 4.08. The quantitative estimate of drug-likeness (QED) is 0.0423. The van der Waals surface area contributed by atoms with Gasteiger partial charge >= 0.3 is 5.97 Å². The summed E-state index contributed by atoms with van der Waals surface area (Å²) in [5.41, 5.74) is 0.587. The number of unbranched alkanes of at least 4 members (excludes halogenated alkanes) is 12. The molecule has 256 valence electrons. The maximum Gasteiger partial charge on any atom is 0.334 e. The van der Waals surface area contributed by atoms with Crippen LogP contribution in [0.4, 0.5) is 0 Å². The van der Waals surface area contributed by atoms with Crippen LogP contribution in [0.25, 0.3) is 0 Å². The minimum atomic E-state index is -0.607. The lowest BCUT2D eigenvalue weighted by atomic mass is 9.99. The molecule has 0 amide bonds. The topological polar surface area (TPSA) is 116 Å². The number of aliphatic hydroxyl groups excluding tert-OH is 4. The SMILES string of the molecule is CCCCCCCCCC/C=C\CC[C@H](O)[C@H]1CC[C@@H]([C@H](O)CC[C@H](O)CCCCCCC[C@@H](O)CC2=C[C@H](C)OC2=O)O1. The van der Waals surface area contributed by atoms with Crippen molar-refractivity contribution in [2.45, 2.75) is 204 Å². The first kappa shape index (κ1) is 38.9. The molecule has 44 heavy (non-hydrogen) atoms. The highest BCUT2D eigenvalue weighted by Gasteiger charge is 2.34. The van der Waals surface area contributed by atoms with Gasteiger partial charge in [0.15, 0.2) is 0 Å². The Morgan fingerprint density at radius 2 is 1.25 bits per heavy atom. The molecule has 2 heterocycles. The van der Waals surface area contributed by atoms with Crippen LogP contribution in [0.5, 0.6) is 0 Å². The molecule has 2 rings (SSSR count). The minimum Gasteiger partial charge on any atom is -0.455 e. The Labute approximate surface area is 268 Å². The van der Waals surface area contributed by atoms with Gasteiger partial charge in [-0.15, -0.1) is 0 Å². The van der Waals surface area contributed by atoms with Crippen LogP contribution in [0.3, 0.4) is 0 Å². The Morgan fingerprint density at radius 1 is 0.705 bits per heavy atom. The van der Waals surface area contributed by atoms with Gasteiger partial charge in [0.05, 0.1) is 36.6 Å². The van der Waals surface area contributed by atoms with Crippen LogP contribution in [-0.4, -0.2) is 69.1 Å². The number of carbonyl (C=O) groups excluding carboxylic acids is 1. The van der Waals surface area contributed by atoms with Crippen molar-refractivity contribution in [3.63, 3.8) is 0 Å². The van der Waals surface area contributed by atoms with Crippen LogP contribution >= 0.6 is 0 Å². The van der Waals surface area contributed by atoms with E-state index in [4.69, 9.17) is 9.47 Å². The number of hydrogen-bond donors (Lipinski definition) is 4. The predicted octanol–water partition coefficient (Wildman–Crippen LogP) is 7.62. The van der Waals surface area contributed by atoms with Gasteiger partial charge in [0.25, 0.3) is 0 Å². The lowest BCUT2D eigenvalue weighted by Gasteiger charge is -2.22. The third-order valence-electron chi connectivity index (χ3n) is 9.28. The lowest BCUT2D eigenvalue weighted by Crippen LogP contribution is -2.31. The average molecular weight is 623 g/mol. The molecule has 0 aromatic heterocycles. The highest BCUT2D eigenvalue weighted by molar-refractivity contribution is 5.90. The van der Waals surface area contributed by atoms with Crippen LogP contribution in [0.1, 0.15) is 162 Å². The van der Waals surface area contributed by atoms with Gasteiger partial charge in [-0.2, -0.15) is 0 Å². The van der Waals surface area contributed by atoms with Crippen molar-refractivity contribution in [1.29, 1.82) is 0 Å². The van der Waals surface area contributed by atoms with Crippen LogP contribution in [0, 0.1) is 0 Å². The van der Waals surface area contributed by atoms with E-state index in [-0.39, 0.29) is 24.3 Å². The summed E-state index contributed by atoms with van der Waals surface area (Å²) in [4.78, 5) is 11.7. The van der Waals surface area contributed by atoms with E-state index in [2.05, 4.69) is 19.1 Å². The van der Waals surface area contributed by atoms with Gasteiger partial charge in [-0.05, 0) is 77.2 Å². The first-order chi connectivity index (χ1) is 21.3. The molecule has 1 fully saturated rings. The van der Waals surface area contributed by atoms with E-state index in [0.29, 0.717) is 37.7 Å². The Kier molecular flexibility index (Phi) is 21.2. The van der Waals surface area contributed by atoms with Gasteiger partial charge in [-0.25, -0.2) is 4.79 Å². The molecule has 0 spiro atoms. The minimum absolute atomic E-state index is 0.192. The summed E-state index contributed by atoms with van der Waals surface area (Å²) in [7, 11) is 0. The fourth-order valence-corrected chi connectivity index (χ4v) is 6.46. The van der Waals surface area contributed by atoms with Gasteiger partial charge in [-0.1, -0.05) is 96.1 Å². The highest BCUT2D eigenvalue weighted by atomic mass is 16.5. The Hall–Kier alpha value is -1.25. The van der Waals surface area contributed by atoms with E-state index in [1.54, 1.807) is 6.08 Å². The molecular formula is C37H66O7. The third kappa shape index (κ3) is 17.4. The fraction of sp³-hybridized carbons (Fsp3) is 0.865. The second kappa shape index (κ2) is 24.0. The summed E-state index contributed by atoms with van der Waals surface area (Å²) in [5, 5.41) is 41.8.